The molecule has 0 saturated carbocycles. The lowest BCUT2D eigenvalue weighted by atomic mass is 10.1. The quantitative estimate of drug-likeness (QED) is 0.399. The van der Waals surface area contributed by atoms with E-state index in [9.17, 15) is 0 Å². The first-order valence-electron chi connectivity index (χ1n) is 10.5. The zero-order chi connectivity index (χ0) is 23.5. The number of nitrogens with one attached hydrogen (secondary N) is 1. The first kappa shape index (κ1) is 36.7. The number of hydrogen-bond acceptors (Lipinski definition) is 2. The molecule has 0 amide bonds. The summed E-state index contributed by atoms with van der Waals surface area (Å²) in [4.78, 5) is 7.60. The molecule has 0 radical (unpaired) electrons. The molecule has 0 saturated heterocycles. The highest BCUT2D eigenvalue weighted by atomic mass is 14.9. The van der Waals surface area contributed by atoms with Crippen LogP contribution < -0.4 is 5.73 Å². The Hall–Kier alpha value is -2.13. The molecule has 28 heavy (non-hydrogen) atoms. The maximum atomic E-state index is 4.50. The molecule has 0 fully saturated rings. The highest BCUT2D eigenvalue weighted by molar-refractivity contribution is 5.80. The van der Waals surface area contributed by atoms with Crippen molar-refractivity contribution in [2.45, 2.75) is 76.2 Å². The van der Waals surface area contributed by atoms with Crippen molar-refractivity contribution in [3.05, 3.63) is 61.0 Å². The topological polar surface area (TPSA) is 54.7 Å². The molecule has 0 unspecified atom stereocenters. The maximum absolute atomic E-state index is 4.50. The number of hydrogen-bond donors (Lipinski definition) is 2. The van der Waals surface area contributed by atoms with Crippen LogP contribution in [0.25, 0.3) is 16.6 Å². The van der Waals surface area contributed by atoms with Crippen LogP contribution in [-0.2, 0) is 0 Å². The zero-order valence-electron chi connectivity index (χ0n) is 20.9. The van der Waals surface area contributed by atoms with E-state index in [1.54, 1.807) is 12.2 Å². The molecular weight excluding hydrogens is 342 g/mol. The van der Waals surface area contributed by atoms with Gasteiger partial charge in [0.05, 0.1) is 11.0 Å². The third-order valence-electron chi connectivity index (χ3n) is 2.42. The lowest BCUT2D eigenvalue weighted by Crippen LogP contribution is -1.79. The first-order valence-corrected chi connectivity index (χ1v) is 10.5. The Balaban J connectivity index is -0.000000115. The number of imidazole rings is 1. The van der Waals surface area contributed by atoms with Crippen molar-refractivity contribution in [3.8, 4) is 0 Å². The Bertz CT molecular complexity index is 578. The van der Waals surface area contributed by atoms with Gasteiger partial charge in [0.2, 0.25) is 0 Å². The van der Waals surface area contributed by atoms with E-state index in [-0.39, 0.29) is 0 Å². The molecule has 1 aromatic heterocycles. The Kier molecular flexibility index (Phi) is 42.7. The lowest BCUT2D eigenvalue weighted by Gasteiger charge is -1.99. The summed E-state index contributed by atoms with van der Waals surface area (Å²) in [7, 11) is 1.50. The summed E-state index contributed by atoms with van der Waals surface area (Å²) < 4.78 is 0. The van der Waals surface area contributed by atoms with Crippen LogP contribution in [0.5, 0.6) is 0 Å². The number of H-pyrrole nitrogens is 1. The maximum Gasteiger partial charge on any atom is 0.104 e. The summed E-state index contributed by atoms with van der Waals surface area (Å²) in [6, 6.07) is 6.23. The molecule has 3 N–H and O–H groups in total. The Morgan fingerprint density at radius 2 is 1.39 bits per heavy atom. The van der Waals surface area contributed by atoms with Gasteiger partial charge in [0.15, 0.2) is 0 Å². The highest BCUT2D eigenvalue weighted by Gasteiger charge is 2.01. The molecule has 2 rings (SSSR count). The van der Waals surface area contributed by atoms with Crippen LogP contribution in [0.3, 0.4) is 0 Å². The minimum absolute atomic E-state index is 0.951. The highest BCUT2D eigenvalue weighted by Crippen LogP contribution is 2.19. The van der Waals surface area contributed by atoms with Crippen molar-refractivity contribution in [1.82, 2.24) is 9.97 Å². The SMILES string of the molecule is C=C/C=C(\C)c1ccc2nc(C)[nH]c2c1.C=CC.CC.CC.CC.CC.CN. The van der Waals surface area contributed by atoms with E-state index in [0.29, 0.717) is 0 Å². The molecule has 0 aliphatic heterocycles. The van der Waals surface area contributed by atoms with Gasteiger partial charge in [-0.1, -0.05) is 86.3 Å². The second kappa shape index (κ2) is 32.5. The van der Waals surface area contributed by atoms with Crippen molar-refractivity contribution >= 4 is 16.6 Å². The molecule has 2 aromatic rings. The van der Waals surface area contributed by atoms with Crippen LogP contribution in [0.4, 0.5) is 0 Å². The van der Waals surface area contributed by atoms with Crippen LogP contribution >= 0.6 is 0 Å². The van der Waals surface area contributed by atoms with E-state index in [1.807, 2.05) is 81.4 Å². The van der Waals surface area contributed by atoms with E-state index >= 15 is 0 Å². The fourth-order valence-electron chi connectivity index (χ4n) is 1.66. The molecule has 0 aliphatic carbocycles. The van der Waals surface area contributed by atoms with Gasteiger partial charge >= 0.3 is 0 Å². The van der Waals surface area contributed by atoms with E-state index in [2.05, 4.69) is 47.9 Å². The van der Waals surface area contributed by atoms with Gasteiger partial charge in [0.1, 0.15) is 5.82 Å². The molecule has 0 spiro atoms. The molecule has 0 atom stereocenters. The Morgan fingerprint density at radius 1 is 0.964 bits per heavy atom. The number of benzene rings is 1. The number of aryl methyl sites for hydroxylation is 1. The minimum atomic E-state index is 0.951. The number of fused-ring (bicyclic) bond motifs is 1. The second-order valence-electron chi connectivity index (χ2n) is 4.05. The molecular formula is C25H49N3. The molecule has 1 heterocycles. The minimum Gasteiger partial charge on any atom is -0.342 e. The third kappa shape index (κ3) is 18.7. The average molecular weight is 392 g/mol. The van der Waals surface area contributed by atoms with E-state index in [1.165, 1.54) is 18.2 Å². The van der Waals surface area contributed by atoms with E-state index in [4.69, 9.17) is 0 Å². The van der Waals surface area contributed by atoms with Gasteiger partial charge in [0.25, 0.3) is 0 Å². The molecule has 3 heteroatoms. The second-order valence-corrected chi connectivity index (χ2v) is 4.05. The van der Waals surface area contributed by atoms with Crippen molar-refractivity contribution in [2.75, 3.05) is 7.05 Å². The van der Waals surface area contributed by atoms with Crippen molar-refractivity contribution < 1.29 is 0 Å². The van der Waals surface area contributed by atoms with Crippen LogP contribution in [0.15, 0.2) is 49.6 Å². The van der Waals surface area contributed by atoms with E-state index in [0.717, 1.165) is 16.9 Å². The molecule has 0 bridgehead atoms. The molecule has 0 aliphatic rings. The fourth-order valence-corrected chi connectivity index (χ4v) is 1.66. The number of nitrogens with zero attached hydrogens (tertiary/aromatic N) is 1. The summed E-state index contributed by atoms with van der Waals surface area (Å²) in [5.41, 5.74) is 9.01. The van der Waals surface area contributed by atoms with Gasteiger partial charge in [-0.2, -0.15) is 0 Å². The van der Waals surface area contributed by atoms with Crippen LogP contribution in [0.2, 0.25) is 0 Å². The van der Waals surface area contributed by atoms with Gasteiger partial charge in [0, 0.05) is 0 Å². The normalized spacial score (nSPS) is 7.96. The van der Waals surface area contributed by atoms with Crippen LogP contribution in [-0.4, -0.2) is 17.0 Å². The fraction of sp³-hybridized carbons (Fsp3) is 0.480. The predicted octanol–water partition coefficient (Wildman–Crippen LogP) is 8.33. The van der Waals surface area contributed by atoms with Gasteiger partial charge in [-0.15, -0.1) is 6.58 Å². The van der Waals surface area contributed by atoms with Gasteiger partial charge < -0.3 is 10.7 Å². The summed E-state index contributed by atoms with van der Waals surface area (Å²) in [5, 5.41) is 0. The first-order chi connectivity index (χ1) is 13.6. The predicted molar refractivity (Wildman–Crippen MR) is 136 cm³/mol. The number of nitrogens with two attached hydrogens (primary N) is 1. The Labute approximate surface area is 176 Å². The largest absolute Gasteiger partial charge is 0.342 e. The summed E-state index contributed by atoms with van der Waals surface area (Å²) >= 11 is 0. The number of aromatic nitrogens is 2. The summed E-state index contributed by atoms with van der Waals surface area (Å²) in [6.07, 6.45) is 5.56. The van der Waals surface area contributed by atoms with Crippen molar-refractivity contribution in [2.24, 2.45) is 5.73 Å². The van der Waals surface area contributed by atoms with Gasteiger partial charge in [-0.05, 0) is 51.1 Å². The molecule has 3 nitrogen and oxygen atoms in total. The monoisotopic (exact) mass is 391 g/mol. The summed E-state index contributed by atoms with van der Waals surface area (Å²) in [5.74, 6) is 0.951. The zero-order valence-corrected chi connectivity index (χ0v) is 20.9. The number of rotatable bonds is 2. The standard InChI is InChI=1S/C13H14N2.C3H6.4C2H6.CH5N/c1-4-5-9(2)11-6-7-12-13(8-11)15-10(3)14-12;1-3-2;5*1-2/h4-8H,1H2,2-3H3,(H,14,15);3H,1H2,2H3;4*1-2H3;2H2,1H3/b9-5+;;;;;;. The lowest BCUT2D eigenvalue weighted by molar-refractivity contribution is 1.17. The average Bonchev–Trinajstić information content (AvgIpc) is 3.15. The number of aromatic amines is 1. The molecule has 164 valence electrons. The van der Waals surface area contributed by atoms with E-state index < -0.39 is 0 Å². The number of allylic oxidation sites excluding steroid dienone is 4. The summed E-state index contributed by atoms with van der Waals surface area (Å²) in [6.45, 7) is 29.0. The van der Waals surface area contributed by atoms with Gasteiger partial charge in [-0.25, -0.2) is 4.98 Å². The van der Waals surface area contributed by atoms with Crippen LogP contribution in [0.1, 0.15) is 80.6 Å². The smallest absolute Gasteiger partial charge is 0.104 e. The van der Waals surface area contributed by atoms with Gasteiger partial charge in [-0.3, -0.25) is 0 Å². The van der Waals surface area contributed by atoms with Crippen molar-refractivity contribution in [1.29, 1.82) is 0 Å². The Morgan fingerprint density at radius 3 is 1.79 bits per heavy atom. The van der Waals surface area contributed by atoms with Crippen molar-refractivity contribution in [3.63, 3.8) is 0 Å². The third-order valence-corrected chi connectivity index (χ3v) is 2.42. The molecule has 1 aromatic carbocycles. The van der Waals surface area contributed by atoms with Crippen LogP contribution in [0, 0.1) is 6.92 Å².